The van der Waals surface area contributed by atoms with Crippen molar-refractivity contribution in [2.45, 2.75) is 32.0 Å². The lowest BCUT2D eigenvalue weighted by Gasteiger charge is -2.51. The quantitative estimate of drug-likeness (QED) is 0.407. The third kappa shape index (κ3) is 3.56. The first kappa shape index (κ1) is 23.9. The van der Waals surface area contributed by atoms with Crippen molar-refractivity contribution in [1.82, 2.24) is 25.4 Å². The second-order valence-corrected chi connectivity index (χ2v) is 11.6. The van der Waals surface area contributed by atoms with Gasteiger partial charge in [-0.1, -0.05) is 17.7 Å². The van der Waals surface area contributed by atoms with Gasteiger partial charge in [-0.3, -0.25) is 5.10 Å². The molecule has 4 aromatic rings. The summed E-state index contributed by atoms with van der Waals surface area (Å²) in [6, 6.07) is 6.38. The average Bonchev–Trinajstić information content (AvgIpc) is 3.34. The molecule has 3 atom stereocenters. The number of nitrogens with one attached hydrogen (secondary N) is 2. The van der Waals surface area contributed by atoms with Crippen LogP contribution in [-0.2, 0) is 0 Å². The molecule has 2 aromatic heterocycles. The Labute approximate surface area is 225 Å². The molecule has 0 saturated carbocycles. The fourth-order valence-electron chi connectivity index (χ4n) is 6.48. The Morgan fingerprint density at radius 3 is 2.82 bits per heavy atom. The summed E-state index contributed by atoms with van der Waals surface area (Å²) < 4.78 is 23.2. The van der Waals surface area contributed by atoms with Crippen LogP contribution < -0.4 is 19.9 Å². The minimum atomic E-state index is -0.432. The maximum atomic E-state index is 16.8. The molecule has 7 rings (SSSR count). The van der Waals surface area contributed by atoms with Gasteiger partial charge in [0, 0.05) is 54.1 Å². The Hall–Kier alpha value is -3.14. The van der Waals surface area contributed by atoms with Crippen LogP contribution in [0.25, 0.3) is 32.9 Å². The van der Waals surface area contributed by atoms with E-state index in [1.807, 2.05) is 39.2 Å². The molecule has 0 amide bonds. The van der Waals surface area contributed by atoms with E-state index in [0.717, 1.165) is 71.5 Å². The Morgan fingerprint density at radius 2 is 2.00 bits per heavy atom. The number of benzene rings is 2. The van der Waals surface area contributed by atoms with E-state index in [-0.39, 0.29) is 17.7 Å². The second-order valence-electron chi connectivity index (χ2n) is 11.2. The van der Waals surface area contributed by atoms with E-state index in [9.17, 15) is 0 Å². The van der Waals surface area contributed by atoms with Gasteiger partial charge in [-0.15, -0.1) is 0 Å². The van der Waals surface area contributed by atoms with Crippen LogP contribution in [-0.4, -0.2) is 85.1 Å². The van der Waals surface area contributed by atoms with Crippen molar-refractivity contribution >= 4 is 44.8 Å². The van der Waals surface area contributed by atoms with Gasteiger partial charge < -0.3 is 24.8 Å². The summed E-state index contributed by atoms with van der Waals surface area (Å²) in [7, 11) is 4.07. The first-order valence-electron chi connectivity index (χ1n) is 13.1. The van der Waals surface area contributed by atoms with Crippen molar-refractivity contribution in [3.05, 3.63) is 40.8 Å². The molecule has 1 saturated heterocycles. The number of aromatic amines is 1. The molecule has 3 aliphatic rings. The largest absolute Gasteiger partial charge is 0.470 e. The van der Waals surface area contributed by atoms with Crippen molar-refractivity contribution in [2.24, 2.45) is 0 Å². The van der Waals surface area contributed by atoms with E-state index < -0.39 is 5.82 Å². The van der Waals surface area contributed by atoms with Crippen LogP contribution in [0.3, 0.4) is 0 Å². The fourth-order valence-corrected chi connectivity index (χ4v) is 6.76. The number of rotatable bonds is 3. The zero-order valence-electron chi connectivity index (χ0n) is 22.0. The Balaban J connectivity index is 1.51. The number of fused-ring (bicyclic) bond motifs is 5. The summed E-state index contributed by atoms with van der Waals surface area (Å²) in [6.07, 6.45) is 1.66. The summed E-state index contributed by atoms with van der Waals surface area (Å²) in [5.41, 5.74) is 5.05. The molecule has 5 heterocycles. The van der Waals surface area contributed by atoms with Gasteiger partial charge in [-0.05, 0) is 45.6 Å². The van der Waals surface area contributed by atoms with E-state index in [1.165, 1.54) is 0 Å². The number of halogens is 2. The highest BCUT2D eigenvalue weighted by Gasteiger charge is 2.42. The molecule has 38 heavy (non-hydrogen) atoms. The number of aromatic nitrogens is 3. The summed E-state index contributed by atoms with van der Waals surface area (Å²) in [4.78, 5) is 11.8. The molecule has 8 nitrogen and oxygen atoms in total. The smallest absolute Gasteiger partial charge is 0.240 e. The summed E-state index contributed by atoms with van der Waals surface area (Å²) in [5.74, 6) is 0.0687. The summed E-state index contributed by atoms with van der Waals surface area (Å²) >= 11 is 6.95. The monoisotopic (exact) mass is 535 g/mol. The highest BCUT2D eigenvalue weighted by atomic mass is 35.5. The standard InChI is InChI=1S/C28H31ClFN7O/c1-14-5-6-21-19(9-32-34-21)22(14)23-20(29)7-18-25(24(23)30)33-28-27-26(18)37-10-15(2)31-8-16(37)11-36(27)13-17(38-28)12-35(3)4/h5-7,9,15-17,31H,8,10-13H2,1-4H3,(H,32,34)/t15-,16-,17-/m1/s1. The molecule has 1 fully saturated rings. The minimum Gasteiger partial charge on any atom is -0.470 e. The molecular weight excluding hydrogens is 505 g/mol. The third-order valence-corrected chi connectivity index (χ3v) is 8.39. The van der Waals surface area contributed by atoms with Gasteiger partial charge in [0.1, 0.15) is 17.3 Å². The molecule has 2 N–H and O–H groups in total. The van der Waals surface area contributed by atoms with Gasteiger partial charge in [0.2, 0.25) is 5.88 Å². The van der Waals surface area contributed by atoms with Gasteiger partial charge in [0.05, 0.1) is 35.0 Å². The number of hydrogen-bond donors (Lipinski definition) is 2. The van der Waals surface area contributed by atoms with Crippen molar-refractivity contribution in [3.8, 4) is 17.0 Å². The second kappa shape index (κ2) is 8.69. The van der Waals surface area contributed by atoms with Gasteiger partial charge in [-0.25, -0.2) is 9.37 Å². The van der Waals surface area contributed by atoms with Crippen LogP contribution >= 0.6 is 11.6 Å². The lowest BCUT2D eigenvalue weighted by atomic mass is 9.93. The lowest BCUT2D eigenvalue weighted by Crippen LogP contribution is -2.63. The summed E-state index contributed by atoms with van der Waals surface area (Å²) in [5, 5.41) is 12.7. The lowest BCUT2D eigenvalue weighted by molar-refractivity contribution is 0.146. The minimum absolute atomic E-state index is 0.0610. The van der Waals surface area contributed by atoms with E-state index in [1.54, 1.807) is 6.20 Å². The van der Waals surface area contributed by atoms with Crippen molar-refractivity contribution in [2.75, 3.05) is 56.6 Å². The van der Waals surface area contributed by atoms with Crippen LogP contribution in [0.5, 0.6) is 5.88 Å². The number of aryl methyl sites for hydroxylation is 1. The van der Waals surface area contributed by atoms with Gasteiger partial charge >= 0.3 is 0 Å². The van der Waals surface area contributed by atoms with E-state index in [2.05, 4.69) is 37.1 Å². The highest BCUT2D eigenvalue weighted by molar-refractivity contribution is 6.35. The molecule has 0 bridgehead atoms. The predicted octanol–water partition coefficient (Wildman–Crippen LogP) is 4.19. The Kier molecular flexibility index (Phi) is 5.48. The zero-order valence-corrected chi connectivity index (χ0v) is 22.7. The topological polar surface area (TPSA) is 72.5 Å². The third-order valence-electron chi connectivity index (χ3n) is 8.09. The molecule has 3 aliphatic heterocycles. The van der Waals surface area contributed by atoms with Gasteiger partial charge in [0.25, 0.3) is 0 Å². The average molecular weight is 536 g/mol. The number of piperazine rings is 1. The SMILES string of the molecule is Cc1ccc2[nH]ncc2c1-c1c(Cl)cc2c3c4c(nc2c1F)O[C@H](CN(C)C)CN4C[C@H]1CN[C@H](C)CN31. The molecule has 0 aliphatic carbocycles. The fraction of sp³-hybridized carbons (Fsp3) is 0.429. The number of H-pyrrole nitrogens is 1. The maximum absolute atomic E-state index is 16.8. The molecular formula is C28H31ClFN7O. The van der Waals surface area contributed by atoms with E-state index in [4.69, 9.17) is 21.3 Å². The highest BCUT2D eigenvalue weighted by Crippen LogP contribution is 2.51. The predicted molar refractivity (Wildman–Crippen MR) is 150 cm³/mol. The van der Waals surface area contributed by atoms with Crippen molar-refractivity contribution < 1.29 is 9.13 Å². The Bertz CT molecular complexity index is 1590. The summed E-state index contributed by atoms with van der Waals surface area (Å²) in [6.45, 7) is 8.22. The van der Waals surface area contributed by atoms with E-state index in [0.29, 0.717) is 22.5 Å². The van der Waals surface area contributed by atoms with Crippen LogP contribution in [0, 0.1) is 12.7 Å². The number of hydrogen-bond acceptors (Lipinski definition) is 7. The van der Waals surface area contributed by atoms with E-state index >= 15 is 4.39 Å². The maximum Gasteiger partial charge on any atom is 0.240 e. The van der Waals surface area contributed by atoms with Crippen molar-refractivity contribution in [3.63, 3.8) is 0 Å². The number of anilines is 2. The molecule has 10 heteroatoms. The normalized spacial score (nSPS) is 22.7. The molecule has 2 aromatic carbocycles. The first-order valence-corrected chi connectivity index (χ1v) is 13.5. The molecule has 0 spiro atoms. The van der Waals surface area contributed by atoms with Gasteiger partial charge in [-0.2, -0.15) is 5.10 Å². The van der Waals surface area contributed by atoms with Gasteiger partial charge in [0.15, 0.2) is 5.82 Å². The molecule has 0 radical (unpaired) electrons. The zero-order chi connectivity index (χ0) is 26.3. The Morgan fingerprint density at radius 1 is 1.16 bits per heavy atom. The number of nitrogens with zero attached hydrogens (tertiary/aromatic N) is 5. The van der Waals surface area contributed by atoms with Crippen LogP contribution in [0.1, 0.15) is 12.5 Å². The molecule has 0 unspecified atom stereocenters. The number of likely N-dealkylation sites (N-methyl/N-ethyl adjacent to an activating group) is 1. The van der Waals surface area contributed by atoms with Crippen LogP contribution in [0.15, 0.2) is 24.4 Å². The van der Waals surface area contributed by atoms with Crippen molar-refractivity contribution in [1.29, 1.82) is 0 Å². The molecule has 198 valence electrons. The number of ether oxygens (including phenoxy) is 1. The number of pyridine rings is 1. The van der Waals surface area contributed by atoms with Crippen LogP contribution in [0.2, 0.25) is 5.02 Å². The first-order chi connectivity index (χ1) is 18.3. The van der Waals surface area contributed by atoms with Crippen LogP contribution in [0.4, 0.5) is 15.8 Å².